The van der Waals surface area contributed by atoms with Crippen molar-refractivity contribution in [3.63, 3.8) is 0 Å². The fourth-order valence-corrected chi connectivity index (χ4v) is 2.81. The Balaban J connectivity index is 2.09. The Labute approximate surface area is 165 Å². The fraction of sp³-hybridized carbons (Fsp3) is 0.789. The van der Waals surface area contributed by atoms with Crippen molar-refractivity contribution in [2.24, 2.45) is 11.3 Å². The molecular weight excluding hydrogens is 366 g/mol. The summed E-state index contributed by atoms with van der Waals surface area (Å²) in [5.74, 6) is -1.27. The molecule has 160 valence electrons. The summed E-state index contributed by atoms with van der Waals surface area (Å²) in [4.78, 5) is 48.3. The van der Waals surface area contributed by atoms with Crippen LogP contribution < -0.4 is 10.6 Å². The lowest BCUT2D eigenvalue weighted by Crippen LogP contribution is -2.46. The van der Waals surface area contributed by atoms with Crippen LogP contribution in [0.3, 0.4) is 0 Å². The highest BCUT2D eigenvalue weighted by molar-refractivity contribution is 6.03. The van der Waals surface area contributed by atoms with Gasteiger partial charge >= 0.3 is 0 Å². The molecule has 0 saturated carbocycles. The quantitative estimate of drug-likeness (QED) is 0.259. The number of hydrogen-bond acceptors (Lipinski definition) is 6. The van der Waals surface area contributed by atoms with E-state index in [1.54, 1.807) is 20.8 Å². The third kappa shape index (κ3) is 7.20. The third-order valence-corrected chi connectivity index (χ3v) is 4.90. The minimum Gasteiger partial charge on any atom is -0.396 e. The van der Waals surface area contributed by atoms with Crippen LogP contribution in [0.25, 0.3) is 0 Å². The number of nitrogens with zero attached hydrogens (tertiary/aromatic N) is 1. The van der Waals surface area contributed by atoms with Crippen molar-refractivity contribution in [2.45, 2.75) is 59.0 Å². The molecule has 2 atom stereocenters. The summed E-state index contributed by atoms with van der Waals surface area (Å²) in [5.41, 5.74) is -0.950. The monoisotopic (exact) mass is 399 g/mol. The van der Waals surface area contributed by atoms with Crippen LogP contribution in [-0.2, 0) is 19.2 Å². The molecule has 1 rings (SSSR count). The van der Waals surface area contributed by atoms with Gasteiger partial charge in [0.1, 0.15) is 6.10 Å². The van der Waals surface area contributed by atoms with Crippen LogP contribution in [0, 0.1) is 11.3 Å². The summed E-state index contributed by atoms with van der Waals surface area (Å²) >= 11 is 0. The second-order valence-electron chi connectivity index (χ2n) is 7.99. The topological polar surface area (TPSA) is 136 Å². The first-order valence-corrected chi connectivity index (χ1v) is 9.77. The number of carbonyl (C=O) groups is 4. The molecule has 0 aromatic carbocycles. The fourth-order valence-electron chi connectivity index (χ4n) is 2.81. The van der Waals surface area contributed by atoms with Gasteiger partial charge in [-0.15, -0.1) is 0 Å². The predicted molar refractivity (Wildman–Crippen MR) is 102 cm³/mol. The Kier molecular flexibility index (Phi) is 9.54. The maximum atomic E-state index is 11.8. The van der Waals surface area contributed by atoms with Crippen molar-refractivity contribution in [1.82, 2.24) is 15.5 Å². The molecule has 0 radical (unpaired) electrons. The van der Waals surface area contributed by atoms with Gasteiger partial charge in [-0.25, -0.2) is 0 Å². The van der Waals surface area contributed by atoms with Crippen molar-refractivity contribution >= 4 is 23.6 Å². The third-order valence-electron chi connectivity index (χ3n) is 4.90. The molecule has 4 amide bonds. The molecule has 9 heteroatoms. The first-order chi connectivity index (χ1) is 13.1. The van der Waals surface area contributed by atoms with Gasteiger partial charge < -0.3 is 20.8 Å². The highest BCUT2D eigenvalue weighted by Crippen LogP contribution is 2.20. The minimum atomic E-state index is -1.35. The van der Waals surface area contributed by atoms with E-state index >= 15 is 0 Å². The van der Waals surface area contributed by atoms with Crippen molar-refractivity contribution in [3.8, 4) is 0 Å². The van der Waals surface area contributed by atoms with Crippen LogP contribution in [0.2, 0.25) is 0 Å². The lowest BCUT2D eigenvalue weighted by Gasteiger charge is -2.27. The summed E-state index contributed by atoms with van der Waals surface area (Å²) in [6, 6.07) is 0. The van der Waals surface area contributed by atoms with Gasteiger partial charge in [0.05, 0.1) is 6.61 Å². The number of rotatable bonds is 12. The van der Waals surface area contributed by atoms with E-state index in [0.717, 1.165) is 12.8 Å². The van der Waals surface area contributed by atoms with Crippen LogP contribution in [0.5, 0.6) is 0 Å². The average molecular weight is 399 g/mol. The molecule has 1 heterocycles. The Morgan fingerprint density at radius 3 is 2.43 bits per heavy atom. The molecule has 4 N–H and O–H groups in total. The van der Waals surface area contributed by atoms with Gasteiger partial charge in [0.15, 0.2) is 0 Å². The molecular formula is C19H33N3O6. The zero-order valence-corrected chi connectivity index (χ0v) is 17.0. The number of unbranched alkanes of at least 4 members (excludes halogenated alkanes) is 2. The van der Waals surface area contributed by atoms with E-state index in [2.05, 4.69) is 10.6 Å². The maximum Gasteiger partial charge on any atom is 0.249 e. The van der Waals surface area contributed by atoms with Gasteiger partial charge in [-0.1, -0.05) is 20.8 Å². The number of hydrogen-bond donors (Lipinski definition) is 4. The van der Waals surface area contributed by atoms with E-state index in [-0.39, 0.29) is 43.2 Å². The number of carbonyl (C=O) groups excluding carboxylic acids is 4. The summed E-state index contributed by atoms with van der Waals surface area (Å²) in [6.07, 6.45) is 1.25. The Hall–Kier alpha value is -2.00. The molecule has 1 aliphatic heterocycles. The van der Waals surface area contributed by atoms with Crippen molar-refractivity contribution in [3.05, 3.63) is 0 Å². The van der Waals surface area contributed by atoms with Gasteiger partial charge in [-0.3, -0.25) is 24.1 Å². The summed E-state index contributed by atoms with van der Waals surface area (Å²) < 4.78 is 0. The highest BCUT2D eigenvalue weighted by Gasteiger charge is 2.35. The second-order valence-corrected chi connectivity index (χ2v) is 7.99. The largest absolute Gasteiger partial charge is 0.396 e. The molecule has 1 aliphatic rings. The molecule has 9 nitrogen and oxygen atoms in total. The molecule has 0 aromatic heterocycles. The summed E-state index contributed by atoms with van der Waals surface area (Å²) in [5, 5.41) is 24.2. The van der Waals surface area contributed by atoms with Crippen molar-refractivity contribution < 1.29 is 29.4 Å². The van der Waals surface area contributed by atoms with Crippen LogP contribution in [-0.4, -0.2) is 71.1 Å². The average Bonchev–Trinajstić information content (AvgIpc) is 2.89. The van der Waals surface area contributed by atoms with E-state index in [0.29, 0.717) is 25.9 Å². The van der Waals surface area contributed by atoms with E-state index < -0.39 is 17.4 Å². The van der Waals surface area contributed by atoms with Crippen molar-refractivity contribution in [2.75, 3.05) is 26.2 Å². The van der Waals surface area contributed by atoms with Gasteiger partial charge in [-0.05, 0) is 19.3 Å². The number of aliphatic hydroxyl groups excluding tert-OH is 2. The van der Waals surface area contributed by atoms with E-state index in [1.165, 1.54) is 4.90 Å². The molecule has 0 aromatic rings. The molecule has 0 spiro atoms. The first-order valence-electron chi connectivity index (χ1n) is 9.77. The number of nitrogens with one attached hydrogen (secondary N) is 2. The number of aliphatic hydroxyl groups is 2. The van der Waals surface area contributed by atoms with E-state index in [4.69, 9.17) is 5.11 Å². The van der Waals surface area contributed by atoms with Crippen LogP contribution in [0.1, 0.15) is 52.9 Å². The Morgan fingerprint density at radius 2 is 1.86 bits per heavy atom. The lowest BCUT2D eigenvalue weighted by molar-refractivity contribution is -0.139. The molecule has 1 fully saturated rings. The van der Waals surface area contributed by atoms with Crippen LogP contribution >= 0.6 is 0 Å². The zero-order valence-electron chi connectivity index (χ0n) is 17.0. The van der Waals surface area contributed by atoms with Gasteiger partial charge in [0.25, 0.3) is 0 Å². The Morgan fingerprint density at radius 1 is 1.18 bits per heavy atom. The SMILES string of the molecule is CC1CC(=O)N(CCCCCNC(=O)CCNC(=O)[C@H](O)C(C)(C)CO)C1=O. The summed E-state index contributed by atoms with van der Waals surface area (Å²) in [7, 11) is 0. The van der Waals surface area contributed by atoms with Crippen LogP contribution in [0.4, 0.5) is 0 Å². The maximum absolute atomic E-state index is 11.8. The van der Waals surface area contributed by atoms with E-state index in [1.807, 2.05) is 0 Å². The molecule has 1 unspecified atom stereocenters. The minimum absolute atomic E-state index is 0.0900. The number of imide groups is 1. The van der Waals surface area contributed by atoms with E-state index in [9.17, 15) is 24.3 Å². The normalized spacial score (nSPS) is 18.3. The highest BCUT2D eigenvalue weighted by atomic mass is 16.3. The Bertz CT molecular complexity index is 578. The molecule has 0 bridgehead atoms. The standard InChI is InChI=1S/C19H33N3O6/c1-13-11-15(25)22(18(13)28)10-6-4-5-8-20-14(24)7-9-21-17(27)16(26)19(2,3)12-23/h13,16,23,26H,4-12H2,1-3H3,(H,20,24)(H,21,27)/t13?,16-/m0/s1. The van der Waals surface area contributed by atoms with Gasteiger partial charge in [0.2, 0.25) is 23.6 Å². The smallest absolute Gasteiger partial charge is 0.249 e. The first kappa shape index (κ1) is 24.0. The van der Waals surface area contributed by atoms with Gasteiger partial charge in [0, 0.05) is 43.8 Å². The molecule has 0 aliphatic carbocycles. The zero-order chi connectivity index (χ0) is 21.3. The van der Waals surface area contributed by atoms with Gasteiger partial charge in [-0.2, -0.15) is 0 Å². The second kappa shape index (κ2) is 11.1. The van der Waals surface area contributed by atoms with Crippen LogP contribution in [0.15, 0.2) is 0 Å². The predicted octanol–water partition coefficient (Wildman–Crippen LogP) is -0.446. The molecule has 28 heavy (non-hydrogen) atoms. The molecule has 1 saturated heterocycles. The lowest BCUT2D eigenvalue weighted by atomic mass is 9.87. The number of likely N-dealkylation sites (tertiary alicyclic amines) is 1. The van der Waals surface area contributed by atoms with Crippen molar-refractivity contribution in [1.29, 1.82) is 0 Å². The number of amides is 4. The summed E-state index contributed by atoms with van der Waals surface area (Å²) in [6.45, 7) is 5.56.